The Labute approximate surface area is 215 Å². The van der Waals surface area contributed by atoms with Crippen LogP contribution in [0, 0.1) is 0 Å². The van der Waals surface area contributed by atoms with E-state index in [1.807, 2.05) is 46.1 Å². The number of carbonyl (C=O) groups is 1. The van der Waals surface area contributed by atoms with E-state index in [1.165, 1.54) is 0 Å². The molecule has 1 amide bonds. The number of amides is 1. The van der Waals surface area contributed by atoms with E-state index in [0.29, 0.717) is 18.4 Å². The molecule has 0 radical (unpaired) electrons. The van der Waals surface area contributed by atoms with Gasteiger partial charge in [-0.1, -0.05) is 32.9 Å². The zero-order valence-corrected chi connectivity index (χ0v) is 21.7. The minimum atomic E-state index is -0.375. The molecule has 1 atom stereocenters. The molecule has 5 rings (SSSR count). The standard InChI is InChI=1S/C26H31N9O2/c1-26(2,3)24-33-32-23(37-24)22(36)30-21-15-34(4)11-9-16-12-17(6-7-19(16)21)20-8-10-27-25(31-20)29-18-13-28-35(5)14-18/h6-8,10,12-14,21H,9,11,15H2,1-5H3,(H,30,36)(H,27,29,31)/t21-/m1/s1. The lowest BCUT2D eigenvalue weighted by molar-refractivity contribution is 0.0890. The molecule has 0 unspecified atom stereocenters. The van der Waals surface area contributed by atoms with E-state index >= 15 is 0 Å². The van der Waals surface area contributed by atoms with Crippen molar-refractivity contribution in [3.63, 3.8) is 0 Å². The van der Waals surface area contributed by atoms with Gasteiger partial charge in [0.2, 0.25) is 11.8 Å². The third-order valence-corrected chi connectivity index (χ3v) is 6.25. The molecule has 0 aliphatic carbocycles. The number of nitrogens with one attached hydrogen (secondary N) is 2. The second-order valence-corrected chi connectivity index (χ2v) is 10.4. The number of anilines is 2. The number of likely N-dealkylation sites (N-methyl/N-ethyl adjacent to an activating group) is 1. The van der Waals surface area contributed by atoms with Crippen LogP contribution >= 0.6 is 0 Å². The molecule has 0 saturated carbocycles. The van der Waals surface area contributed by atoms with Gasteiger partial charge in [-0.3, -0.25) is 9.48 Å². The Bertz CT molecular complexity index is 1420. The van der Waals surface area contributed by atoms with Crippen molar-refractivity contribution in [2.75, 3.05) is 25.5 Å². The maximum Gasteiger partial charge on any atom is 0.309 e. The average Bonchev–Trinajstić information content (AvgIpc) is 3.48. The lowest BCUT2D eigenvalue weighted by atomic mass is 9.96. The van der Waals surface area contributed by atoms with Crippen LogP contribution in [-0.2, 0) is 18.9 Å². The van der Waals surface area contributed by atoms with Gasteiger partial charge < -0.3 is 20.0 Å². The van der Waals surface area contributed by atoms with Crippen LogP contribution in [0.15, 0.2) is 47.3 Å². The zero-order valence-electron chi connectivity index (χ0n) is 21.7. The van der Waals surface area contributed by atoms with Crippen LogP contribution in [0.25, 0.3) is 11.3 Å². The van der Waals surface area contributed by atoms with E-state index in [-0.39, 0.29) is 23.3 Å². The van der Waals surface area contributed by atoms with Gasteiger partial charge in [0.15, 0.2) is 0 Å². The van der Waals surface area contributed by atoms with Crippen molar-refractivity contribution in [2.24, 2.45) is 7.05 Å². The zero-order chi connectivity index (χ0) is 26.2. The number of hydrogen-bond donors (Lipinski definition) is 2. The molecule has 4 heterocycles. The number of aryl methyl sites for hydroxylation is 1. The molecule has 11 heteroatoms. The summed E-state index contributed by atoms with van der Waals surface area (Å²) in [6.07, 6.45) is 6.18. The smallest absolute Gasteiger partial charge is 0.309 e. The third-order valence-electron chi connectivity index (χ3n) is 6.25. The van der Waals surface area contributed by atoms with E-state index in [2.05, 4.69) is 55.0 Å². The van der Waals surface area contributed by atoms with Gasteiger partial charge in [0.25, 0.3) is 0 Å². The maximum atomic E-state index is 13.0. The Hall–Kier alpha value is -4.12. The molecule has 1 aliphatic heterocycles. The van der Waals surface area contributed by atoms with Crippen molar-refractivity contribution in [3.05, 3.63) is 65.8 Å². The highest BCUT2D eigenvalue weighted by Gasteiger charge is 2.28. The number of rotatable bonds is 5. The van der Waals surface area contributed by atoms with Crippen LogP contribution in [0.1, 0.15) is 54.5 Å². The summed E-state index contributed by atoms with van der Waals surface area (Å²) in [5, 5.41) is 18.5. The maximum absolute atomic E-state index is 13.0. The number of carbonyl (C=O) groups excluding carboxylic acids is 1. The fourth-order valence-corrected chi connectivity index (χ4v) is 4.29. The van der Waals surface area contributed by atoms with Crippen molar-refractivity contribution in [3.8, 4) is 11.3 Å². The summed E-state index contributed by atoms with van der Waals surface area (Å²) in [6, 6.07) is 7.92. The summed E-state index contributed by atoms with van der Waals surface area (Å²) in [6.45, 7) is 7.43. The number of benzene rings is 1. The van der Waals surface area contributed by atoms with Gasteiger partial charge in [0, 0.05) is 43.5 Å². The average molecular weight is 502 g/mol. The Balaban J connectivity index is 1.39. The molecule has 1 aromatic carbocycles. The van der Waals surface area contributed by atoms with Gasteiger partial charge in [-0.2, -0.15) is 5.10 Å². The predicted molar refractivity (Wildman–Crippen MR) is 138 cm³/mol. The van der Waals surface area contributed by atoms with Gasteiger partial charge in [0.05, 0.1) is 23.6 Å². The molecule has 0 saturated heterocycles. The Morgan fingerprint density at radius 2 is 2.00 bits per heavy atom. The molecule has 3 aromatic heterocycles. The first-order chi connectivity index (χ1) is 17.7. The molecule has 0 fully saturated rings. The van der Waals surface area contributed by atoms with E-state index < -0.39 is 0 Å². The van der Waals surface area contributed by atoms with E-state index in [1.54, 1.807) is 17.1 Å². The number of aromatic nitrogens is 6. The Morgan fingerprint density at radius 3 is 2.73 bits per heavy atom. The molecule has 0 bridgehead atoms. The summed E-state index contributed by atoms with van der Waals surface area (Å²) >= 11 is 0. The van der Waals surface area contributed by atoms with Crippen molar-refractivity contribution >= 4 is 17.5 Å². The second kappa shape index (κ2) is 9.74. The van der Waals surface area contributed by atoms with Gasteiger partial charge in [-0.05, 0) is 36.7 Å². The van der Waals surface area contributed by atoms with Crippen molar-refractivity contribution < 1.29 is 9.21 Å². The summed E-state index contributed by atoms with van der Waals surface area (Å²) in [5.41, 5.74) is 4.51. The van der Waals surface area contributed by atoms with Gasteiger partial charge in [-0.25, -0.2) is 9.97 Å². The largest absolute Gasteiger partial charge is 0.416 e. The van der Waals surface area contributed by atoms with E-state index in [4.69, 9.17) is 9.40 Å². The summed E-state index contributed by atoms with van der Waals surface area (Å²) in [5.74, 6) is 0.535. The first kappa shape index (κ1) is 24.6. The van der Waals surface area contributed by atoms with Gasteiger partial charge in [0.1, 0.15) is 0 Å². The molecule has 4 aromatic rings. The quantitative estimate of drug-likeness (QED) is 0.424. The fourth-order valence-electron chi connectivity index (χ4n) is 4.29. The Morgan fingerprint density at radius 1 is 1.16 bits per heavy atom. The molecule has 37 heavy (non-hydrogen) atoms. The molecule has 0 spiro atoms. The topological polar surface area (TPSA) is 127 Å². The van der Waals surface area contributed by atoms with Crippen LogP contribution in [0.3, 0.4) is 0 Å². The van der Waals surface area contributed by atoms with Crippen molar-refractivity contribution in [1.29, 1.82) is 0 Å². The Kier molecular flexibility index (Phi) is 6.46. The molecular weight excluding hydrogens is 470 g/mol. The summed E-state index contributed by atoms with van der Waals surface area (Å²) in [4.78, 5) is 24.2. The third kappa shape index (κ3) is 5.51. The monoisotopic (exact) mass is 501 g/mol. The van der Waals surface area contributed by atoms with Crippen LogP contribution < -0.4 is 10.6 Å². The van der Waals surface area contributed by atoms with E-state index in [9.17, 15) is 4.79 Å². The summed E-state index contributed by atoms with van der Waals surface area (Å²) in [7, 11) is 3.91. The molecule has 2 N–H and O–H groups in total. The fraction of sp³-hybridized carbons (Fsp3) is 0.385. The van der Waals surface area contributed by atoms with Gasteiger partial charge >= 0.3 is 11.8 Å². The highest BCUT2D eigenvalue weighted by Crippen LogP contribution is 2.29. The number of fused-ring (bicyclic) bond motifs is 1. The normalized spacial score (nSPS) is 16.2. The predicted octanol–water partition coefficient (Wildman–Crippen LogP) is 3.26. The lowest BCUT2D eigenvalue weighted by Gasteiger charge is -2.22. The highest BCUT2D eigenvalue weighted by molar-refractivity contribution is 5.89. The van der Waals surface area contributed by atoms with Crippen LogP contribution in [0.4, 0.5) is 11.6 Å². The van der Waals surface area contributed by atoms with Crippen molar-refractivity contribution in [1.82, 2.24) is 40.2 Å². The van der Waals surface area contributed by atoms with Gasteiger partial charge in [-0.15, -0.1) is 10.2 Å². The minimum absolute atomic E-state index is 0.0235. The second-order valence-electron chi connectivity index (χ2n) is 10.4. The van der Waals surface area contributed by atoms with Crippen LogP contribution in [0.2, 0.25) is 0 Å². The number of hydrogen-bond acceptors (Lipinski definition) is 9. The van der Waals surface area contributed by atoms with Crippen molar-refractivity contribution in [2.45, 2.75) is 38.6 Å². The summed E-state index contributed by atoms with van der Waals surface area (Å²) < 4.78 is 7.37. The first-order valence-corrected chi connectivity index (χ1v) is 12.2. The number of nitrogens with zero attached hydrogens (tertiary/aromatic N) is 7. The van der Waals surface area contributed by atoms with Crippen LogP contribution in [0.5, 0.6) is 0 Å². The lowest BCUT2D eigenvalue weighted by Crippen LogP contribution is -2.35. The molecule has 11 nitrogen and oxygen atoms in total. The first-order valence-electron chi connectivity index (χ1n) is 12.2. The van der Waals surface area contributed by atoms with E-state index in [0.717, 1.165) is 41.0 Å². The molecule has 192 valence electrons. The SMILES string of the molecule is CN1CCc2cc(-c3ccnc(Nc4cnn(C)c4)n3)ccc2[C@H](NC(=O)c2nnc(C(C)(C)C)o2)C1. The highest BCUT2D eigenvalue weighted by atomic mass is 16.4. The molecule has 1 aliphatic rings. The van der Waals surface area contributed by atoms with Crippen LogP contribution in [-0.4, -0.2) is 60.9 Å². The minimum Gasteiger partial charge on any atom is -0.416 e. The molecular formula is C26H31N9O2.